The lowest BCUT2D eigenvalue weighted by molar-refractivity contribution is -0.0534. The third-order valence-corrected chi connectivity index (χ3v) is 5.38. The van der Waals surface area contributed by atoms with E-state index in [1.165, 1.54) is 0 Å². The summed E-state index contributed by atoms with van der Waals surface area (Å²) in [5.74, 6) is -0.996. The zero-order chi connectivity index (χ0) is 20.1. The highest BCUT2D eigenvalue weighted by Crippen LogP contribution is 2.34. The van der Waals surface area contributed by atoms with E-state index in [9.17, 15) is 13.9 Å². The second-order valence-electron chi connectivity index (χ2n) is 8.49. The number of nitrogens with zero attached hydrogens (tertiary/aromatic N) is 3. The van der Waals surface area contributed by atoms with Crippen molar-refractivity contribution in [1.82, 2.24) is 14.7 Å². The van der Waals surface area contributed by atoms with Crippen LogP contribution in [0.15, 0.2) is 24.4 Å². The van der Waals surface area contributed by atoms with Crippen molar-refractivity contribution in [2.24, 2.45) is 5.73 Å². The molecule has 0 spiro atoms. The average molecular weight is 392 g/mol. The quantitative estimate of drug-likeness (QED) is 0.834. The van der Waals surface area contributed by atoms with E-state index in [4.69, 9.17) is 10.5 Å². The Labute approximate surface area is 162 Å². The Morgan fingerprint density at radius 1 is 1.32 bits per heavy atom. The van der Waals surface area contributed by atoms with Crippen molar-refractivity contribution in [3.05, 3.63) is 52.9 Å². The zero-order valence-electron chi connectivity index (χ0n) is 16.1. The molecule has 3 heterocycles. The van der Waals surface area contributed by atoms with Gasteiger partial charge in [-0.15, -0.1) is 0 Å². The van der Waals surface area contributed by atoms with Gasteiger partial charge in [-0.1, -0.05) is 0 Å². The van der Waals surface area contributed by atoms with Gasteiger partial charge >= 0.3 is 0 Å². The Morgan fingerprint density at radius 2 is 2.11 bits per heavy atom. The van der Waals surface area contributed by atoms with Gasteiger partial charge in [0.15, 0.2) is 0 Å². The van der Waals surface area contributed by atoms with Gasteiger partial charge in [0.1, 0.15) is 17.7 Å². The standard InChI is InChI=1S/C20H26F2N4O2/c1-20(2,27)11-26-8-12-7-25(9-18(12)24-26)14-6-17(23)19(28-10-14)15-5-13(21)3-4-16(15)22/h3-5,8,14,17,19,27H,6-7,9-11,23H2,1-2H3/t14?,17?,19-/m1/s1. The first-order valence-electron chi connectivity index (χ1n) is 9.53. The molecular formula is C20H26F2N4O2. The van der Waals surface area contributed by atoms with Crippen LogP contribution in [-0.2, 0) is 24.4 Å². The summed E-state index contributed by atoms with van der Waals surface area (Å²) in [6.07, 6.45) is 1.96. The maximum absolute atomic E-state index is 14.1. The second kappa shape index (κ2) is 7.18. The minimum Gasteiger partial charge on any atom is -0.389 e. The van der Waals surface area contributed by atoms with Gasteiger partial charge in [-0.25, -0.2) is 8.78 Å². The topological polar surface area (TPSA) is 76.5 Å². The lowest BCUT2D eigenvalue weighted by Crippen LogP contribution is -2.47. The molecule has 2 unspecified atom stereocenters. The maximum Gasteiger partial charge on any atom is 0.129 e. The van der Waals surface area contributed by atoms with Crippen molar-refractivity contribution in [1.29, 1.82) is 0 Å². The number of halogens is 2. The number of ether oxygens (including phenoxy) is 1. The van der Waals surface area contributed by atoms with Crippen molar-refractivity contribution < 1.29 is 18.6 Å². The summed E-state index contributed by atoms with van der Waals surface area (Å²) in [5.41, 5.74) is 7.77. The van der Waals surface area contributed by atoms with Gasteiger partial charge in [0, 0.05) is 42.5 Å². The average Bonchev–Trinajstić information content (AvgIpc) is 3.14. The molecular weight excluding hydrogens is 366 g/mol. The Balaban J connectivity index is 1.40. The molecule has 6 nitrogen and oxygen atoms in total. The summed E-state index contributed by atoms with van der Waals surface area (Å²) >= 11 is 0. The molecule has 28 heavy (non-hydrogen) atoms. The van der Waals surface area contributed by atoms with Crippen LogP contribution in [0.25, 0.3) is 0 Å². The molecule has 0 bridgehead atoms. The Kier molecular flexibility index (Phi) is 4.99. The number of benzene rings is 1. The molecule has 2 aromatic rings. The fourth-order valence-corrected chi connectivity index (χ4v) is 4.12. The SMILES string of the molecule is CC(C)(O)Cn1cc2c(n1)CN(C1CO[C@H](c3cc(F)ccc3F)C(N)C1)C2. The van der Waals surface area contributed by atoms with Crippen molar-refractivity contribution in [3.63, 3.8) is 0 Å². The number of fused-ring (bicyclic) bond motifs is 1. The largest absolute Gasteiger partial charge is 0.389 e. The molecule has 3 N–H and O–H groups in total. The Morgan fingerprint density at radius 3 is 2.79 bits per heavy atom. The number of aromatic nitrogens is 2. The van der Waals surface area contributed by atoms with Gasteiger partial charge in [-0.3, -0.25) is 9.58 Å². The Hall–Kier alpha value is -1.87. The van der Waals surface area contributed by atoms with Crippen molar-refractivity contribution >= 4 is 0 Å². The Bertz CT molecular complexity index is 841. The fraction of sp³-hybridized carbons (Fsp3) is 0.550. The predicted molar refractivity (Wildman–Crippen MR) is 99.2 cm³/mol. The summed E-state index contributed by atoms with van der Waals surface area (Å²) < 4.78 is 35.2. The second-order valence-corrected chi connectivity index (χ2v) is 8.49. The van der Waals surface area contributed by atoms with Crippen LogP contribution in [0.2, 0.25) is 0 Å². The maximum atomic E-state index is 14.1. The van der Waals surface area contributed by atoms with Gasteiger partial charge in [-0.2, -0.15) is 5.10 Å². The first-order chi connectivity index (χ1) is 13.2. The summed E-state index contributed by atoms with van der Waals surface area (Å²) in [5, 5.41) is 14.5. The molecule has 0 aliphatic carbocycles. The molecule has 3 atom stereocenters. The van der Waals surface area contributed by atoms with Gasteiger partial charge in [-0.05, 0) is 38.5 Å². The summed E-state index contributed by atoms with van der Waals surface area (Å²) in [6, 6.07) is 3.04. The number of nitrogens with two attached hydrogens (primary N) is 1. The van der Waals surface area contributed by atoms with Gasteiger partial charge < -0.3 is 15.6 Å². The first kappa shape index (κ1) is 19.4. The van der Waals surface area contributed by atoms with E-state index in [0.717, 1.165) is 36.0 Å². The van der Waals surface area contributed by atoms with Crippen LogP contribution >= 0.6 is 0 Å². The van der Waals surface area contributed by atoms with E-state index in [1.807, 2.05) is 6.20 Å². The number of rotatable bonds is 4. The molecule has 8 heteroatoms. The van der Waals surface area contributed by atoms with E-state index in [-0.39, 0.29) is 11.6 Å². The van der Waals surface area contributed by atoms with Crippen LogP contribution in [0.5, 0.6) is 0 Å². The third-order valence-electron chi connectivity index (χ3n) is 5.38. The molecule has 1 aromatic heterocycles. The summed E-state index contributed by atoms with van der Waals surface area (Å²) in [7, 11) is 0. The molecule has 0 radical (unpaired) electrons. The molecule has 2 aliphatic rings. The highest BCUT2D eigenvalue weighted by Gasteiger charge is 2.37. The minimum absolute atomic E-state index is 0.0970. The van der Waals surface area contributed by atoms with E-state index < -0.39 is 29.4 Å². The van der Waals surface area contributed by atoms with Gasteiger partial charge in [0.2, 0.25) is 0 Å². The monoisotopic (exact) mass is 392 g/mol. The zero-order valence-corrected chi connectivity index (χ0v) is 16.1. The van der Waals surface area contributed by atoms with Crippen LogP contribution in [0.4, 0.5) is 8.78 Å². The van der Waals surface area contributed by atoms with Crippen molar-refractivity contribution in [3.8, 4) is 0 Å². The molecule has 1 fully saturated rings. The number of aliphatic hydroxyl groups is 1. The molecule has 4 rings (SSSR count). The van der Waals surface area contributed by atoms with Gasteiger partial charge in [0.05, 0.1) is 24.4 Å². The molecule has 0 saturated carbocycles. The van der Waals surface area contributed by atoms with E-state index >= 15 is 0 Å². The highest BCUT2D eigenvalue weighted by atomic mass is 19.1. The molecule has 1 saturated heterocycles. The van der Waals surface area contributed by atoms with Crippen LogP contribution in [0.3, 0.4) is 0 Å². The van der Waals surface area contributed by atoms with Gasteiger partial charge in [0.25, 0.3) is 0 Å². The van der Waals surface area contributed by atoms with E-state index in [1.54, 1.807) is 18.5 Å². The third kappa shape index (κ3) is 3.96. The lowest BCUT2D eigenvalue weighted by Gasteiger charge is -2.38. The first-order valence-corrected chi connectivity index (χ1v) is 9.53. The molecule has 1 aromatic carbocycles. The summed E-state index contributed by atoms with van der Waals surface area (Å²) in [6.45, 7) is 5.78. The van der Waals surface area contributed by atoms with Crippen LogP contribution in [-0.4, -0.2) is 44.1 Å². The number of hydrogen-bond acceptors (Lipinski definition) is 5. The van der Waals surface area contributed by atoms with Crippen LogP contribution in [0.1, 0.15) is 43.2 Å². The predicted octanol–water partition coefficient (Wildman–Crippen LogP) is 2.11. The van der Waals surface area contributed by atoms with Crippen LogP contribution < -0.4 is 5.73 Å². The fourth-order valence-electron chi connectivity index (χ4n) is 4.12. The lowest BCUT2D eigenvalue weighted by atomic mass is 9.93. The highest BCUT2D eigenvalue weighted by molar-refractivity contribution is 5.24. The van der Waals surface area contributed by atoms with E-state index in [2.05, 4.69) is 10.00 Å². The van der Waals surface area contributed by atoms with Crippen molar-refractivity contribution in [2.45, 2.75) is 63.7 Å². The molecule has 152 valence electrons. The van der Waals surface area contributed by atoms with Crippen LogP contribution in [0, 0.1) is 11.6 Å². The van der Waals surface area contributed by atoms with Crippen molar-refractivity contribution in [2.75, 3.05) is 6.61 Å². The summed E-state index contributed by atoms with van der Waals surface area (Å²) in [4.78, 5) is 2.25. The normalized spacial score (nSPS) is 25.9. The smallest absolute Gasteiger partial charge is 0.129 e. The minimum atomic E-state index is -0.815. The van der Waals surface area contributed by atoms with E-state index in [0.29, 0.717) is 26.1 Å². The number of hydrogen-bond donors (Lipinski definition) is 2. The molecule has 2 aliphatic heterocycles. The molecule has 0 amide bonds.